The molecule has 2 aromatic rings. The van der Waals surface area contributed by atoms with Gasteiger partial charge < -0.3 is 30.3 Å². The van der Waals surface area contributed by atoms with Crippen molar-refractivity contribution in [2.24, 2.45) is 11.8 Å². The molecule has 3 heterocycles. The lowest BCUT2D eigenvalue weighted by Crippen LogP contribution is -2.69. The summed E-state index contributed by atoms with van der Waals surface area (Å²) in [4.78, 5) is 54.9. The first-order valence-electron chi connectivity index (χ1n) is 13.4. The number of carbonyl (C=O) groups is 4. The van der Waals surface area contributed by atoms with Gasteiger partial charge in [-0.3, -0.25) is 4.79 Å². The highest BCUT2D eigenvalue weighted by molar-refractivity contribution is 6.07. The molecule has 0 saturated carbocycles. The summed E-state index contributed by atoms with van der Waals surface area (Å²) in [6.07, 6.45) is 2.29. The normalized spacial score (nSPS) is 21.7. The Labute approximate surface area is 226 Å². The molecule has 3 N–H and O–H groups in total. The Hall–Kier alpha value is -4.12. The molecule has 0 spiro atoms. The molecule has 3 saturated heterocycles. The number of nitrogens with zero attached hydrogens (tertiary/aromatic N) is 3. The van der Waals surface area contributed by atoms with Crippen LogP contribution in [0.4, 0.5) is 15.3 Å². The molecule has 0 radical (unpaired) electrons. The lowest BCUT2D eigenvalue weighted by molar-refractivity contribution is -0.167. The summed E-state index contributed by atoms with van der Waals surface area (Å²) in [5.74, 6) is -0.813. The molecule has 5 amide bonds. The fourth-order valence-electron chi connectivity index (χ4n) is 5.47. The molecule has 0 bridgehead atoms. The molecule has 3 aliphatic rings. The number of urea groups is 2. The highest BCUT2D eigenvalue weighted by Crippen LogP contribution is 2.36. The number of hydrogen-bond donors (Lipinski definition) is 3. The van der Waals surface area contributed by atoms with Gasteiger partial charge in [-0.15, -0.1) is 0 Å². The molecule has 2 aromatic carbocycles. The van der Waals surface area contributed by atoms with Gasteiger partial charge in [-0.05, 0) is 62.5 Å². The van der Waals surface area contributed by atoms with Gasteiger partial charge in [-0.2, -0.15) is 0 Å². The Balaban J connectivity index is 1.15. The van der Waals surface area contributed by atoms with Crippen molar-refractivity contribution < 1.29 is 29.0 Å². The first-order chi connectivity index (χ1) is 18.9. The van der Waals surface area contributed by atoms with Gasteiger partial charge in [0.1, 0.15) is 5.75 Å². The van der Waals surface area contributed by atoms with Crippen molar-refractivity contribution in [1.29, 1.82) is 0 Å². The van der Waals surface area contributed by atoms with E-state index in [4.69, 9.17) is 4.74 Å². The first-order valence-corrected chi connectivity index (χ1v) is 13.4. The summed E-state index contributed by atoms with van der Waals surface area (Å²) in [6, 6.07) is 14.3. The zero-order valence-corrected chi connectivity index (χ0v) is 21.6. The second-order valence-electron chi connectivity index (χ2n) is 10.1. The van der Waals surface area contributed by atoms with E-state index in [0.717, 1.165) is 30.8 Å². The van der Waals surface area contributed by atoms with E-state index in [2.05, 4.69) is 10.6 Å². The van der Waals surface area contributed by atoms with Gasteiger partial charge in [-0.25, -0.2) is 19.3 Å². The monoisotopic (exact) mass is 535 g/mol. The zero-order chi connectivity index (χ0) is 27.4. The number of rotatable bonds is 6. The van der Waals surface area contributed by atoms with Crippen molar-refractivity contribution in [3.05, 3.63) is 54.6 Å². The molecule has 11 heteroatoms. The van der Waals surface area contributed by atoms with Gasteiger partial charge in [0, 0.05) is 26.2 Å². The largest absolute Gasteiger partial charge is 0.480 e. The average Bonchev–Trinajstić information content (AvgIpc) is 2.96. The maximum absolute atomic E-state index is 13.2. The van der Waals surface area contributed by atoms with Crippen LogP contribution < -0.4 is 15.4 Å². The number of carbonyl (C=O) groups excluding carboxylic acids is 3. The molecule has 2 atom stereocenters. The maximum Gasteiger partial charge on any atom is 0.327 e. The van der Waals surface area contributed by atoms with Gasteiger partial charge in [-0.1, -0.05) is 30.3 Å². The van der Waals surface area contributed by atoms with E-state index < -0.39 is 29.9 Å². The lowest BCUT2D eigenvalue weighted by atomic mass is 9.78. The van der Waals surface area contributed by atoms with Crippen molar-refractivity contribution in [2.75, 3.05) is 44.6 Å². The first kappa shape index (κ1) is 26.5. The van der Waals surface area contributed by atoms with E-state index in [1.165, 1.54) is 4.90 Å². The molecule has 206 valence electrons. The molecule has 0 unspecified atom stereocenters. The fourth-order valence-corrected chi connectivity index (χ4v) is 5.47. The van der Waals surface area contributed by atoms with E-state index in [-0.39, 0.29) is 38.1 Å². The number of piperazine rings is 1. The van der Waals surface area contributed by atoms with Gasteiger partial charge >= 0.3 is 18.0 Å². The Morgan fingerprint density at radius 2 is 1.56 bits per heavy atom. The fraction of sp³-hybridized carbons (Fsp3) is 0.429. The highest BCUT2D eigenvalue weighted by Gasteiger charge is 2.56. The molecule has 0 aromatic heterocycles. The Kier molecular flexibility index (Phi) is 7.97. The number of para-hydroxylation sites is 3. The average molecular weight is 536 g/mol. The lowest BCUT2D eigenvalue weighted by Gasteiger charge is -2.47. The molecular formula is C28H33N5O6. The molecule has 3 fully saturated rings. The molecule has 39 heavy (non-hydrogen) atoms. The van der Waals surface area contributed by atoms with E-state index >= 15 is 0 Å². The number of ether oxygens (including phenoxy) is 1. The number of carboxylic acids is 1. The Bertz CT molecular complexity index is 1210. The van der Waals surface area contributed by atoms with Gasteiger partial charge in [0.25, 0.3) is 0 Å². The Morgan fingerprint density at radius 3 is 2.26 bits per heavy atom. The predicted molar refractivity (Wildman–Crippen MR) is 142 cm³/mol. The van der Waals surface area contributed by atoms with Crippen LogP contribution in [0.15, 0.2) is 54.6 Å². The van der Waals surface area contributed by atoms with Crippen LogP contribution in [0.25, 0.3) is 0 Å². The number of anilines is 1. The number of piperidine rings is 1. The molecular weight excluding hydrogens is 502 g/mol. The third kappa shape index (κ3) is 5.83. The molecule has 11 nitrogen and oxygen atoms in total. The van der Waals surface area contributed by atoms with Crippen LogP contribution in [0, 0.1) is 11.8 Å². The number of nitrogens with one attached hydrogen (secondary N) is 2. The van der Waals surface area contributed by atoms with Crippen molar-refractivity contribution in [1.82, 2.24) is 20.0 Å². The van der Waals surface area contributed by atoms with Gasteiger partial charge in [0.05, 0.1) is 11.6 Å². The van der Waals surface area contributed by atoms with Crippen LogP contribution in [0.5, 0.6) is 11.5 Å². The zero-order valence-electron chi connectivity index (χ0n) is 21.6. The van der Waals surface area contributed by atoms with Crippen molar-refractivity contribution in [2.45, 2.75) is 25.3 Å². The maximum atomic E-state index is 13.2. The molecule has 0 aliphatic carbocycles. The second kappa shape index (κ2) is 11.7. The van der Waals surface area contributed by atoms with Crippen LogP contribution in [0.2, 0.25) is 0 Å². The minimum absolute atomic E-state index is 0.198. The SMILES string of the molecule is O=C(O)[C@@H]1[C@@H](CC2CCNCC2)C(=O)N1C(=O)N1CCN(C(=O)Nc2ccccc2Oc2ccccc2)CC1. The number of amides is 5. The van der Waals surface area contributed by atoms with E-state index in [0.29, 0.717) is 23.6 Å². The van der Waals surface area contributed by atoms with Crippen molar-refractivity contribution in [3.63, 3.8) is 0 Å². The number of carboxylic acid groups (broad SMARTS) is 1. The van der Waals surface area contributed by atoms with Crippen LogP contribution in [-0.4, -0.2) is 89.1 Å². The third-order valence-corrected chi connectivity index (χ3v) is 7.66. The van der Waals surface area contributed by atoms with Gasteiger partial charge in [0.15, 0.2) is 11.8 Å². The summed E-state index contributed by atoms with van der Waals surface area (Å²) >= 11 is 0. The summed E-state index contributed by atoms with van der Waals surface area (Å²) in [5.41, 5.74) is 0.514. The van der Waals surface area contributed by atoms with Crippen LogP contribution in [0.3, 0.4) is 0 Å². The predicted octanol–water partition coefficient (Wildman–Crippen LogP) is 3.05. The number of imide groups is 1. The van der Waals surface area contributed by atoms with Crippen LogP contribution in [0.1, 0.15) is 19.3 Å². The van der Waals surface area contributed by atoms with Crippen LogP contribution in [-0.2, 0) is 9.59 Å². The molecule has 5 rings (SSSR count). The van der Waals surface area contributed by atoms with E-state index in [9.17, 15) is 24.3 Å². The Morgan fingerprint density at radius 1 is 0.923 bits per heavy atom. The summed E-state index contributed by atoms with van der Waals surface area (Å²) in [7, 11) is 0. The third-order valence-electron chi connectivity index (χ3n) is 7.66. The van der Waals surface area contributed by atoms with Crippen molar-refractivity contribution in [3.8, 4) is 11.5 Å². The minimum Gasteiger partial charge on any atom is -0.480 e. The van der Waals surface area contributed by atoms with Crippen LogP contribution >= 0.6 is 0 Å². The summed E-state index contributed by atoms with van der Waals surface area (Å²) in [5, 5.41) is 15.9. The quantitative estimate of drug-likeness (QED) is 0.485. The molecule has 3 aliphatic heterocycles. The van der Waals surface area contributed by atoms with E-state index in [1.807, 2.05) is 36.4 Å². The number of likely N-dealkylation sites (tertiary alicyclic amines) is 1. The number of aliphatic carboxylic acids is 1. The number of benzene rings is 2. The smallest absolute Gasteiger partial charge is 0.327 e. The number of β-lactam (4-membered cyclic amide) rings is 1. The topological polar surface area (TPSA) is 132 Å². The van der Waals surface area contributed by atoms with Crippen molar-refractivity contribution >= 4 is 29.6 Å². The standard InChI is InChI=1S/C28H33N5O6/c34-25-21(18-19-10-12-29-13-11-19)24(26(35)36)33(25)28(38)32-16-14-31(15-17-32)27(37)30-22-8-4-5-9-23(22)39-20-6-2-1-3-7-20/h1-9,19,21,24,29H,10-18H2,(H,30,37)(H,35,36)/t21-,24+/m1/s1. The summed E-state index contributed by atoms with van der Waals surface area (Å²) < 4.78 is 5.91. The number of hydrogen-bond acceptors (Lipinski definition) is 6. The van der Waals surface area contributed by atoms with Gasteiger partial charge in [0.2, 0.25) is 5.91 Å². The highest BCUT2D eigenvalue weighted by atomic mass is 16.5. The van der Waals surface area contributed by atoms with E-state index in [1.54, 1.807) is 23.1 Å². The minimum atomic E-state index is -1.16. The summed E-state index contributed by atoms with van der Waals surface area (Å²) in [6.45, 7) is 2.60. The second-order valence-corrected chi connectivity index (χ2v) is 10.1.